The van der Waals surface area contributed by atoms with E-state index in [4.69, 9.17) is 9.40 Å². The Balaban J connectivity index is 1.29. The molecule has 1 aliphatic heterocycles. The fraction of sp³-hybridized carbons (Fsp3) is 0.548. The first-order chi connectivity index (χ1) is 19.0. The van der Waals surface area contributed by atoms with Crippen LogP contribution in [0.3, 0.4) is 0 Å². The summed E-state index contributed by atoms with van der Waals surface area (Å²) in [6, 6.07) is 8.47. The van der Waals surface area contributed by atoms with Crippen LogP contribution < -0.4 is 14.7 Å². The molecule has 208 valence electrons. The van der Waals surface area contributed by atoms with E-state index in [9.17, 15) is 4.79 Å². The van der Waals surface area contributed by atoms with Crippen LogP contribution in [0, 0.1) is 18.8 Å². The summed E-state index contributed by atoms with van der Waals surface area (Å²) in [6.45, 7) is 4.70. The van der Waals surface area contributed by atoms with E-state index in [0.29, 0.717) is 5.92 Å². The molecule has 1 amide bonds. The number of anilines is 3. The van der Waals surface area contributed by atoms with Crippen LogP contribution in [-0.4, -0.2) is 54.6 Å². The molecule has 0 N–H and O–H groups in total. The third-order valence-electron chi connectivity index (χ3n) is 8.22. The number of aryl methyl sites for hydroxylation is 3. The minimum absolute atomic E-state index is 0.109. The summed E-state index contributed by atoms with van der Waals surface area (Å²) in [7, 11) is 4.02. The summed E-state index contributed by atoms with van der Waals surface area (Å²) in [6.07, 6.45) is 14.4. The monoisotopic (exact) mass is 530 g/mol. The van der Waals surface area contributed by atoms with Crippen molar-refractivity contribution in [1.29, 1.82) is 0 Å². The summed E-state index contributed by atoms with van der Waals surface area (Å²) in [5, 5.41) is 0. The fourth-order valence-corrected chi connectivity index (χ4v) is 5.96. The molecule has 0 bridgehead atoms. The number of hydrogen-bond acceptors (Lipinski definition) is 7. The highest BCUT2D eigenvalue weighted by molar-refractivity contribution is 5.94. The van der Waals surface area contributed by atoms with Crippen molar-refractivity contribution in [1.82, 2.24) is 15.0 Å². The van der Waals surface area contributed by atoms with E-state index in [1.165, 1.54) is 17.7 Å². The van der Waals surface area contributed by atoms with Crippen LogP contribution in [0.4, 0.5) is 17.3 Å². The molecule has 0 atom stereocenters. The predicted molar refractivity (Wildman–Crippen MR) is 155 cm³/mol. The molecular formula is C31H42N6O2. The van der Waals surface area contributed by atoms with Crippen molar-refractivity contribution >= 4 is 23.2 Å². The molecule has 0 spiro atoms. The average Bonchev–Trinajstić information content (AvgIpc) is 3.49. The molecule has 3 aromatic rings. The van der Waals surface area contributed by atoms with E-state index in [2.05, 4.69) is 39.1 Å². The number of hydrogen-bond donors (Lipinski definition) is 0. The van der Waals surface area contributed by atoms with Gasteiger partial charge in [-0.15, -0.1) is 0 Å². The van der Waals surface area contributed by atoms with Gasteiger partial charge in [-0.2, -0.15) is 0 Å². The van der Waals surface area contributed by atoms with Gasteiger partial charge in [0.2, 0.25) is 5.91 Å². The van der Waals surface area contributed by atoms with Crippen molar-refractivity contribution in [3.63, 3.8) is 0 Å². The van der Waals surface area contributed by atoms with Crippen LogP contribution in [0.15, 0.2) is 47.3 Å². The van der Waals surface area contributed by atoms with Crippen molar-refractivity contribution in [3.05, 3.63) is 60.1 Å². The number of rotatable bonds is 9. The van der Waals surface area contributed by atoms with Crippen molar-refractivity contribution < 1.29 is 9.21 Å². The van der Waals surface area contributed by atoms with Crippen LogP contribution in [0.2, 0.25) is 0 Å². The number of oxazole rings is 1. The fourth-order valence-electron chi connectivity index (χ4n) is 5.96. The Morgan fingerprint density at radius 3 is 2.46 bits per heavy atom. The number of carbonyl (C=O) groups excluding carboxylic acids is 1. The number of nitrogens with zero attached hydrogens (tertiary/aromatic N) is 6. The predicted octanol–water partition coefficient (Wildman–Crippen LogP) is 5.45. The van der Waals surface area contributed by atoms with Crippen LogP contribution in [-0.2, 0) is 17.6 Å². The van der Waals surface area contributed by atoms with Gasteiger partial charge < -0.3 is 14.2 Å². The number of pyridine rings is 2. The Morgan fingerprint density at radius 2 is 1.79 bits per heavy atom. The molecule has 39 heavy (non-hydrogen) atoms. The van der Waals surface area contributed by atoms with Gasteiger partial charge >= 0.3 is 0 Å². The lowest BCUT2D eigenvalue weighted by molar-refractivity contribution is -0.123. The van der Waals surface area contributed by atoms with Gasteiger partial charge in [0.05, 0.1) is 18.1 Å². The maximum absolute atomic E-state index is 14.0. The summed E-state index contributed by atoms with van der Waals surface area (Å²) in [4.78, 5) is 34.2. The molecule has 0 unspecified atom stereocenters. The number of piperidine rings is 1. The third-order valence-corrected chi connectivity index (χ3v) is 8.22. The second-order valence-corrected chi connectivity index (χ2v) is 11.4. The zero-order chi connectivity index (χ0) is 27.2. The SMILES string of the molecule is Cc1cc(CCc2ncco2)cc(N(CC2CCN(c3ccc(N(C)C)nc3)CC2)C(=O)C2CCCCC2)n1. The van der Waals surface area contributed by atoms with Gasteiger partial charge in [-0.05, 0) is 74.8 Å². The standard InChI is InChI=1S/C31H42N6O2/c1-23-19-25(9-12-30-32-15-18-39-30)20-29(34-23)37(31(38)26-7-5-4-6-8-26)22-24-13-16-36(17-14-24)27-10-11-28(33-21-27)35(2)3/h10-11,15,18-21,24,26H,4-9,12-14,16-17,22H2,1-3H3. The summed E-state index contributed by atoms with van der Waals surface area (Å²) in [5.74, 6) is 3.32. The molecular weight excluding hydrogens is 488 g/mol. The average molecular weight is 531 g/mol. The second kappa shape index (κ2) is 12.6. The topological polar surface area (TPSA) is 78.6 Å². The minimum Gasteiger partial charge on any atom is -0.449 e. The first kappa shape index (κ1) is 27.2. The van der Waals surface area contributed by atoms with E-state index in [0.717, 1.165) is 94.2 Å². The van der Waals surface area contributed by atoms with Crippen LogP contribution >= 0.6 is 0 Å². The summed E-state index contributed by atoms with van der Waals surface area (Å²) < 4.78 is 5.44. The Bertz CT molecular complexity index is 1200. The Morgan fingerprint density at radius 1 is 1.00 bits per heavy atom. The van der Waals surface area contributed by atoms with E-state index >= 15 is 0 Å². The minimum atomic E-state index is 0.109. The molecule has 2 aliphatic rings. The van der Waals surface area contributed by atoms with Gasteiger partial charge in [0.25, 0.3) is 0 Å². The van der Waals surface area contributed by atoms with Gasteiger partial charge in [-0.25, -0.2) is 15.0 Å². The molecule has 0 radical (unpaired) electrons. The third kappa shape index (κ3) is 6.97. The molecule has 1 saturated carbocycles. The number of aromatic nitrogens is 3. The highest BCUT2D eigenvalue weighted by Gasteiger charge is 2.31. The van der Waals surface area contributed by atoms with Gasteiger partial charge in [0.15, 0.2) is 5.89 Å². The molecule has 2 fully saturated rings. The molecule has 1 saturated heterocycles. The molecule has 1 aliphatic carbocycles. The highest BCUT2D eigenvalue weighted by atomic mass is 16.3. The Kier molecular flexibility index (Phi) is 8.79. The van der Waals surface area contributed by atoms with Crippen molar-refractivity contribution in [3.8, 4) is 0 Å². The molecule has 5 rings (SSSR count). The number of amides is 1. The molecule has 8 nitrogen and oxygen atoms in total. The second-order valence-electron chi connectivity index (χ2n) is 11.4. The molecule has 8 heteroatoms. The summed E-state index contributed by atoms with van der Waals surface area (Å²) in [5.41, 5.74) is 3.28. The lowest BCUT2D eigenvalue weighted by Crippen LogP contribution is -2.44. The van der Waals surface area contributed by atoms with Gasteiger partial charge in [0, 0.05) is 51.8 Å². The molecule has 0 aromatic carbocycles. The largest absolute Gasteiger partial charge is 0.449 e. The quantitative estimate of drug-likeness (QED) is 0.364. The first-order valence-corrected chi connectivity index (χ1v) is 14.5. The Labute approximate surface area is 232 Å². The maximum Gasteiger partial charge on any atom is 0.231 e. The lowest BCUT2D eigenvalue weighted by Gasteiger charge is -2.37. The van der Waals surface area contributed by atoms with Gasteiger partial charge in [-0.1, -0.05) is 19.3 Å². The zero-order valence-corrected chi connectivity index (χ0v) is 23.7. The first-order valence-electron chi connectivity index (χ1n) is 14.5. The van der Waals surface area contributed by atoms with Crippen molar-refractivity contribution in [2.75, 3.05) is 48.4 Å². The maximum atomic E-state index is 14.0. The van der Waals surface area contributed by atoms with Crippen molar-refractivity contribution in [2.45, 2.75) is 64.7 Å². The molecule has 4 heterocycles. The van der Waals surface area contributed by atoms with E-state index < -0.39 is 0 Å². The normalized spacial score (nSPS) is 16.8. The number of carbonyl (C=O) groups is 1. The van der Waals surface area contributed by atoms with E-state index in [-0.39, 0.29) is 11.8 Å². The lowest BCUT2D eigenvalue weighted by atomic mass is 9.87. The molecule has 3 aromatic heterocycles. The smallest absolute Gasteiger partial charge is 0.231 e. The van der Waals surface area contributed by atoms with Crippen LogP contribution in [0.5, 0.6) is 0 Å². The highest BCUT2D eigenvalue weighted by Crippen LogP contribution is 2.31. The van der Waals surface area contributed by atoms with Gasteiger partial charge in [-0.3, -0.25) is 9.69 Å². The van der Waals surface area contributed by atoms with E-state index in [1.54, 1.807) is 12.5 Å². The zero-order valence-electron chi connectivity index (χ0n) is 23.7. The van der Waals surface area contributed by atoms with Crippen molar-refractivity contribution in [2.24, 2.45) is 11.8 Å². The van der Waals surface area contributed by atoms with E-state index in [1.807, 2.05) is 37.0 Å². The summed E-state index contributed by atoms with van der Waals surface area (Å²) >= 11 is 0. The van der Waals surface area contributed by atoms with Crippen LogP contribution in [0.1, 0.15) is 62.1 Å². The van der Waals surface area contributed by atoms with Crippen LogP contribution in [0.25, 0.3) is 0 Å². The Hall–Kier alpha value is -3.42. The van der Waals surface area contributed by atoms with Gasteiger partial charge in [0.1, 0.15) is 17.9 Å².